The molecule has 0 aliphatic rings. The minimum Gasteiger partial charge on any atom is -0.339 e. The molecule has 21 heavy (non-hydrogen) atoms. The minimum absolute atomic E-state index is 0.00698. The van der Waals surface area contributed by atoms with Crippen LogP contribution in [0.5, 0.6) is 0 Å². The monoisotopic (exact) mass is 303 g/mol. The normalized spacial score (nSPS) is 10.6. The number of aryl methyl sites for hydroxylation is 2. The van der Waals surface area contributed by atoms with E-state index in [-0.39, 0.29) is 5.91 Å². The van der Waals surface area contributed by atoms with E-state index in [1.807, 2.05) is 37.7 Å². The van der Waals surface area contributed by atoms with Gasteiger partial charge in [-0.15, -0.1) is 11.3 Å². The number of carbonyl (C=O) groups is 1. The number of nitrogens with one attached hydrogen (secondary N) is 1. The smallest absolute Gasteiger partial charge is 0.273 e. The number of likely N-dealkylation sites (N-methyl/N-ethyl adjacent to an activating group) is 2. The molecule has 1 aromatic carbocycles. The molecule has 0 saturated heterocycles. The largest absolute Gasteiger partial charge is 0.339 e. The predicted molar refractivity (Wildman–Crippen MR) is 86.9 cm³/mol. The van der Waals surface area contributed by atoms with Crippen molar-refractivity contribution in [2.75, 3.05) is 27.2 Å². The van der Waals surface area contributed by atoms with Crippen molar-refractivity contribution in [2.24, 2.45) is 0 Å². The van der Waals surface area contributed by atoms with Crippen molar-refractivity contribution >= 4 is 17.2 Å². The summed E-state index contributed by atoms with van der Waals surface area (Å²) in [6.45, 7) is 1.47. The molecule has 5 heteroatoms. The van der Waals surface area contributed by atoms with Gasteiger partial charge in [0, 0.05) is 31.9 Å². The van der Waals surface area contributed by atoms with Crippen LogP contribution in [-0.4, -0.2) is 43.0 Å². The van der Waals surface area contributed by atoms with Gasteiger partial charge in [0.1, 0.15) is 5.69 Å². The quantitative estimate of drug-likeness (QED) is 0.853. The lowest BCUT2D eigenvalue weighted by molar-refractivity contribution is 0.0791. The van der Waals surface area contributed by atoms with Crippen molar-refractivity contribution < 1.29 is 4.79 Å². The minimum atomic E-state index is -0.00698. The molecule has 0 spiro atoms. The first-order valence-electron chi connectivity index (χ1n) is 7.09. The number of amides is 1. The SMILES string of the molecule is CNCCN(C)C(=O)c1csc(CCc2ccccc2)n1. The molecule has 1 heterocycles. The zero-order chi connectivity index (χ0) is 15.1. The van der Waals surface area contributed by atoms with Gasteiger partial charge in [0.2, 0.25) is 0 Å². The van der Waals surface area contributed by atoms with Gasteiger partial charge in [-0.2, -0.15) is 0 Å². The third kappa shape index (κ3) is 4.65. The Hall–Kier alpha value is -1.72. The molecule has 0 saturated carbocycles. The maximum atomic E-state index is 12.2. The van der Waals surface area contributed by atoms with Gasteiger partial charge in [-0.3, -0.25) is 4.79 Å². The zero-order valence-corrected chi connectivity index (χ0v) is 13.3. The van der Waals surface area contributed by atoms with Crippen LogP contribution in [0.2, 0.25) is 0 Å². The van der Waals surface area contributed by atoms with E-state index >= 15 is 0 Å². The Balaban J connectivity index is 1.90. The Morgan fingerprint density at radius 3 is 2.76 bits per heavy atom. The predicted octanol–water partition coefficient (Wildman–Crippen LogP) is 2.22. The lowest BCUT2D eigenvalue weighted by Crippen LogP contribution is -2.32. The highest BCUT2D eigenvalue weighted by molar-refractivity contribution is 7.09. The summed E-state index contributed by atoms with van der Waals surface area (Å²) < 4.78 is 0. The summed E-state index contributed by atoms with van der Waals surface area (Å²) in [5, 5.41) is 5.91. The summed E-state index contributed by atoms with van der Waals surface area (Å²) >= 11 is 1.56. The third-order valence-electron chi connectivity index (χ3n) is 3.29. The lowest BCUT2D eigenvalue weighted by atomic mass is 10.1. The number of benzene rings is 1. The van der Waals surface area contributed by atoms with Crippen molar-refractivity contribution in [2.45, 2.75) is 12.8 Å². The van der Waals surface area contributed by atoms with Crippen molar-refractivity contribution in [3.63, 3.8) is 0 Å². The summed E-state index contributed by atoms with van der Waals surface area (Å²) in [5.41, 5.74) is 1.85. The van der Waals surface area contributed by atoms with Gasteiger partial charge >= 0.3 is 0 Å². The molecule has 0 atom stereocenters. The number of hydrogen-bond acceptors (Lipinski definition) is 4. The highest BCUT2D eigenvalue weighted by Crippen LogP contribution is 2.14. The van der Waals surface area contributed by atoms with Gasteiger partial charge < -0.3 is 10.2 Å². The maximum Gasteiger partial charge on any atom is 0.273 e. The molecular formula is C16H21N3OS. The van der Waals surface area contributed by atoms with Gasteiger partial charge in [-0.25, -0.2) is 4.98 Å². The molecule has 1 N–H and O–H groups in total. The van der Waals surface area contributed by atoms with Crippen LogP contribution in [0.1, 0.15) is 21.1 Å². The van der Waals surface area contributed by atoms with Gasteiger partial charge in [-0.05, 0) is 19.0 Å². The fourth-order valence-electron chi connectivity index (χ4n) is 2.00. The number of aromatic nitrogens is 1. The lowest BCUT2D eigenvalue weighted by Gasteiger charge is -2.15. The zero-order valence-electron chi connectivity index (χ0n) is 12.5. The van der Waals surface area contributed by atoms with E-state index in [0.717, 1.165) is 24.4 Å². The molecule has 0 aliphatic heterocycles. The fraction of sp³-hybridized carbons (Fsp3) is 0.375. The summed E-state index contributed by atoms with van der Waals surface area (Å²) in [6, 6.07) is 10.3. The third-order valence-corrected chi connectivity index (χ3v) is 4.19. The standard InChI is InChI=1S/C16H21N3OS/c1-17-10-11-19(2)16(20)14-12-21-15(18-14)9-8-13-6-4-3-5-7-13/h3-7,12,17H,8-11H2,1-2H3. The van der Waals surface area contributed by atoms with E-state index in [4.69, 9.17) is 0 Å². The van der Waals surface area contributed by atoms with Crippen molar-refractivity contribution in [1.82, 2.24) is 15.2 Å². The van der Waals surface area contributed by atoms with Crippen LogP contribution in [0.3, 0.4) is 0 Å². The van der Waals surface area contributed by atoms with Crippen LogP contribution in [0.25, 0.3) is 0 Å². The first-order valence-corrected chi connectivity index (χ1v) is 7.97. The second kappa shape index (κ2) is 7.90. The molecule has 112 valence electrons. The molecule has 0 fully saturated rings. The van der Waals surface area contributed by atoms with Crippen LogP contribution < -0.4 is 5.32 Å². The summed E-state index contributed by atoms with van der Waals surface area (Å²) in [6.07, 6.45) is 1.83. The number of rotatable bonds is 7. The summed E-state index contributed by atoms with van der Waals surface area (Å²) in [7, 11) is 3.69. The average molecular weight is 303 g/mol. The van der Waals surface area contributed by atoms with Crippen LogP contribution in [0.15, 0.2) is 35.7 Å². The van der Waals surface area contributed by atoms with Crippen molar-refractivity contribution in [3.05, 3.63) is 52.0 Å². The first kappa shape index (κ1) is 15.7. The van der Waals surface area contributed by atoms with Crippen molar-refractivity contribution in [1.29, 1.82) is 0 Å². The summed E-state index contributed by atoms with van der Waals surface area (Å²) in [5.74, 6) is -0.00698. The molecule has 0 radical (unpaired) electrons. The molecule has 4 nitrogen and oxygen atoms in total. The second-order valence-corrected chi connectivity index (χ2v) is 5.88. The van der Waals surface area contributed by atoms with Gasteiger partial charge in [0.05, 0.1) is 5.01 Å². The van der Waals surface area contributed by atoms with Crippen LogP contribution in [-0.2, 0) is 12.8 Å². The molecule has 1 amide bonds. The van der Waals surface area contributed by atoms with Gasteiger partial charge in [-0.1, -0.05) is 30.3 Å². The van der Waals surface area contributed by atoms with Crippen LogP contribution in [0.4, 0.5) is 0 Å². The van der Waals surface area contributed by atoms with Crippen LogP contribution in [0, 0.1) is 0 Å². The topological polar surface area (TPSA) is 45.2 Å². The van der Waals surface area contributed by atoms with E-state index in [1.54, 1.807) is 16.2 Å². The Morgan fingerprint density at radius 2 is 2.05 bits per heavy atom. The van der Waals surface area contributed by atoms with E-state index in [0.29, 0.717) is 12.2 Å². The Kier molecular flexibility index (Phi) is 5.90. The number of hydrogen-bond donors (Lipinski definition) is 1. The van der Waals surface area contributed by atoms with E-state index in [9.17, 15) is 4.79 Å². The van der Waals surface area contributed by atoms with Crippen molar-refractivity contribution in [3.8, 4) is 0 Å². The number of nitrogens with zero attached hydrogens (tertiary/aromatic N) is 2. The molecule has 0 unspecified atom stereocenters. The van der Waals surface area contributed by atoms with Crippen LogP contribution >= 0.6 is 11.3 Å². The van der Waals surface area contributed by atoms with E-state index < -0.39 is 0 Å². The van der Waals surface area contributed by atoms with E-state index in [2.05, 4.69) is 22.4 Å². The average Bonchev–Trinajstić information content (AvgIpc) is 2.99. The van der Waals surface area contributed by atoms with Gasteiger partial charge in [0.15, 0.2) is 0 Å². The number of carbonyl (C=O) groups excluding carboxylic acids is 1. The van der Waals surface area contributed by atoms with Gasteiger partial charge in [0.25, 0.3) is 5.91 Å². The maximum absolute atomic E-state index is 12.2. The molecular weight excluding hydrogens is 282 g/mol. The fourth-order valence-corrected chi connectivity index (χ4v) is 2.77. The highest BCUT2D eigenvalue weighted by Gasteiger charge is 2.14. The molecule has 2 rings (SSSR count). The first-order chi connectivity index (χ1) is 10.2. The Morgan fingerprint density at radius 1 is 1.29 bits per heavy atom. The molecule has 1 aromatic heterocycles. The molecule has 0 aliphatic carbocycles. The highest BCUT2D eigenvalue weighted by atomic mass is 32.1. The Labute approximate surface area is 129 Å². The molecule has 2 aromatic rings. The molecule has 0 bridgehead atoms. The second-order valence-electron chi connectivity index (χ2n) is 4.94. The summed E-state index contributed by atoms with van der Waals surface area (Å²) in [4.78, 5) is 18.3. The number of thiazole rings is 1. The Bertz CT molecular complexity index is 568. The van der Waals surface area contributed by atoms with E-state index in [1.165, 1.54) is 5.56 Å².